The molecule has 0 aromatic heterocycles. The number of hydrogen-bond donors (Lipinski definition) is 0. The molecule has 0 bridgehead atoms. The lowest BCUT2D eigenvalue weighted by Gasteiger charge is -2.32. The first-order valence-electron chi connectivity index (χ1n) is 7.85. The van der Waals surface area contributed by atoms with Gasteiger partial charge in [-0.25, -0.2) is 0 Å². The third-order valence-corrected chi connectivity index (χ3v) is 4.12. The van der Waals surface area contributed by atoms with E-state index in [2.05, 4.69) is 32.9 Å². The molecule has 0 aromatic rings. The fourth-order valence-electron chi connectivity index (χ4n) is 2.87. The summed E-state index contributed by atoms with van der Waals surface area (Å²) in [4.78, 5) is 10.4. The Morgan fingerprint density at radius 3 is 2.45 bits per heavy atom. The van der Waals surface area contributed by atoms with Gasteiger partial charge in [-0.1, -0.05) is 55.4 Å². The minimum Gasteiger partial charge on any atom is -0.545 e. The molecule has 0 heterocycles. The molecule has 1 aliphatic carbocycles. The summed E-state index contributed by atoms with van der Waals surface area (Å²) in [5, 5.41) is 10.4. The van der Waals surface area contributed by atoms with Crippen LogP contribution in [0.15, 0.2) is 58.7 Å². The molecule has 0 amide bonds. The largest absolute Gasteiger partial charge is 0.545 e. The molecule has 2 nitrogen and oxygen atoms in total. The zero-order valence-corrected chi connectivity index (χ0v) is 14.4. The Morgan fingerprint density at radius 1 is 1.18 bits per heavy atom. The third kappa shape index (κ3) is 5.88. The van der Waals surface area contributed by atoms with Crippen molar-refractivity contribution in [1.82, 2.24) is 0 Å². The molecule has 0 spiro atoms. The van der Waals surface area contributed by atoms with Gasteiger partial charge in [0.1, 0.15) is 0 Å². The van der Waals surface area contributed by atoms with Crippen LogP contribution in [-0.2, 0) is 4.79 Å². The first-order chi connectivity index (χ1) is 10.2. The lowest BCUT2D eigenvalue weighted by molar-refractivity contribution is -0.297. The molecule has 120 valence electrons. The topological polar surface area (TPSA) is 40.1 Å². The van der Waals surface area contributed by atoms with E-state index in [9.17, 15) is 9.90 Å². The fourth-order valence-corrected chi connectivity index (χ4v) is 2.87. The van der Waals surface area contributed by atoms with E-state index in [1.165, 1.54) is 30.4 Å². The number of aliphatic carboxylic acids is 1. The third-order valence-electron chi connectivity index (χ3n) is 4.12. The minimum absolute atomic E-state index is 0.253. The number of rotatable bonds is 5. The highest BCUT2D eigenvalue weighted by molar-refractivity contribution is 5.79. The van der Waals surface area contributed by atoms with E-state index in [1.807, 2.05) is 19.1 Å². The molecule has 22 heavy (non-hydrogen) atoms. The van der Waals surface area contributed by atoms with Gasteiger partial charge in [0, 0.05) is 0 Å². The van der Waals surface area contributed by atoms with E-state index in [4.69, 9.17) is 0 Å². The van der Waals surface area contributed by atoms with Crippen molar-refractivity contribution in [1.29, 1.82) is 0 Å². The maximum absolute atomic E-state index is 10.4. The Labute approximate surface area is 134 Å². The molecule has 0 saturated carbocycles. The van der Waals surface area contributed by atoms with Crippen LogP contribution >= 0.6 is 0 Å². The Morgan fingerprint density at radius 2 is 1.86 bits per heavy atom. The normalized spacial score (nSPS) is 20.2. The van der Waals surface area contributed by atoms with Gasteiger partial charge in [0.05, 0.1) is 5.97 Å². The van der Waals surface area contributed by atoms with Crippen LogP contribution in [0.3, 0.4) is 0 Å². The summed E-state index contributed by atoms with van der Waals surface area (Å²) in [5.41, 5.74) is 4.99. The van der Waals surface area contributed by atoms with Crippen LogP contribution in [0.5, 0.6) is 0 Å². The Bertz CT molecular complexity index is 567. The Balaban J connectivity index is 2.79. The molecule has 0 unspecified atom stereocenters. The second-order valence-corrected chi connectivity index (χ2v) is 6.74. The average Bonchev–Trinajstić information content (AvgIpc) is 2.36. The smallest absolute Gasteiger partial charge is 0.0645 e. The van der Waals surface area contributed by atoms with E-state index >= 15 is 0 Å². The number of carbonyl (C=O) groups is 1. The van der Waals surface area contributed by atoms with Gasteiger partial charge in [0.2, 0.25) is 0 Å². The van der Waals surface area contributed by atoms with Crippen molar-refractivity contribution >= 4 is 5.97 Å². The molecule has 0 radical (unpaired) electrons. The number of carboxylic acids is 1. The van der Waals surface area contributed by atoms with Gasteiger partial charge in [-0.2, -0.15) is 0 Å². The minimum atomic E-state index is -1.16. The molecular formula is C20H27O2-. The highest BCUT2D eigenvalue weighted by Gasteiger charge is 2.26. The van der Waals surface area contributed by atoms with E-state index < -0.39 is 5.97 Å². The number of carbonyl (C=O) groups excluding carboxylic acids is 1. The molecule has 0 atom stereocenters. The van der Waals surface area contributed by atoms with Crippen molar-refractivity contribution in [3.8, 4) is 0 Å². The molecule has 0 fully saturated rings. The quantitative estimate of drug-likeness (QED) is 0.562. The molecule has 0 aromatic carbocycles. The van der Waals surface area contributed by atoms with Crippen LogP contribution in [0.2, 0.25) is 0 Å². The molecular weight excluding hydrogens is 272 g/mol. The van der Waals surface area contributed by atoms with Gasteiger partial charge in [-0.15, -0.1) is 0 Å². The summed E-state index contributed by atoms with van der Waals surface area (Å²) < 4.78 is 0. The summed E-state index contributed by atoms with van der Waals surface area (Å²) in [7, 11) is 0. The van der Waals surface area contributed by atoms with Crippen molar-refractivity contribution in [3.05, 3.63) is 58.7 Å². The Kier molecular flexibility index (Phi) is 6.61. The predicted octanol–water partition coefficient (Wildman–Crippen LogP) is 4.27. The van der Waals surface area contributed by atoms with Gasteiger partial charge >= 0.3 is 0 Å². The van der Waals surface area contributed by atoms with Crippen LogP contribution < -0.4 is 5.11 Å². The molecule has 0 aliphatic heterocycles. The standard InChI is InChI=1S/C20H28O2/c1-15(8-6-9-16(2)14-19(21)22)11-12-18-17(3)10-7-13-20(18,4)5/h6,8-9,11-12,14H,7,10,13H2,1-5H3,(H,21,22)/p-1. The van der Waals surface area contributed by atoms with Crippen LogP contribution in [-0.4, -0.2) is 5.97 Å². The summed E-state index contributed by atoms with van der Waals surface area (Å²) in [6, 6.07) is 0. The Hall–Kier alpha value is -1.83. The first kappa shape index (κ1) is 18.2. The van der Waals surface area contributed by atoms with Crippen molar-refractivity contribution < 1.29 is 9.90 Å². The van der Waals surface area contributed by atoms with Gasteiger partial charge in [-0.3, -0.25) is 0 Å². The van der Waals surface area contributed by atoms with Crippen molar-refractivity contribution in [2.24, 2.45) is 5.41 Å². The van der Waals surface area contributed by atoms with Crippen LogP contribution in [0.1, 0.15) is 53.9 Å². The highest BCUT2D eigenvalue weighted by atomic mass is 16.4. The van der Waals surface area contributed by atoms with Gasteiger partial charge in [0.15, 0.2) is 0 Å². The monoisotopic (exact) mass is 299 g/mol. The van der Waals surface area contributed by atoms with Crippen molar-refractivity contribution in [2.75, 3.05) is 0 Å². The zero-order chi connectivity index (χ0) is 16.8. The number of hydrogen-bond acceptors (Lipinski definition) is 2. The fraction of sp³-hybridized carbons (Fsp3) is 0.450. The van der Waals surface area contributed by atoms with Crippen molar-refractivity contribution in [3.63, 3.8) is 0 Å². The molecule has 0 saturated heterocycles. The van der Waals surface area contributed by atoms with E-state index in [1.54, 1.807) is 13.0 Å². The summed E-state index contributed by atoms with van der Waals surface area (Å²) in [6.45, 7) is 10.6. The van der Waals surface area contributed by atoms with E-state index in [-0.39, 0.29) is 5.41 Å². The molecule has 1 rings (SSSR count). The predicted molar refractivity (Wildman–Crippen MR) is 91.1 cm³/mol. The number of carboxylic acid groups (broad SMARTS) is 1. The summed E-state index contributed by atoms with van der Waals surface area (Å²) in [5.74, 6) is -1.16. The second kappa shape index (κ2) is 7.98. The summed E-state index contributed by atoms with van der Waals surface area (Å²) in [6.07, 6.45) is 14.8. The van der Waals surface area contributed by atoms with Gasteiger partial charge in [0.25, 0.3) is 0 Å². The lowest BCUT2D eigenvalue weighted by Crippen LogP contribution is -2.19. The average molecular weight is 299 g/mol. The van der Waals surface area contributed by atoms with Gasteiger partial charge in [-0.05, 0) is 62.7 Å². The zero-order valence-electron chi connectivity index (χ0n) is 14.4. The molecule has 0 N–H and O–H groups in total. The summed E-state index contributed by atoms with van der Waals surface area (Å²) >= 11 is 0. The maximum Gasteiger partial charge on any atom is 0.0645 e. The first-order valence-corrected chi connectivity index (χ1v) is 7.85. The van der Waals surface area contributed by atoms with Crippen LogP contribution in [0, 0.1) is 5.41 Å². The van der Waals surface area contributed by atoms with Crippen LogP contribution in [0.25, 0.3) is 0 Å². The van der Waals surface area contributed by atoms with E-state index in [0.29, 0.717) is 5.57 Å². The maximum atomic E-state index is 10.4. The SMILES string of the molecule is CC(C=CC1=C(C)CCCC1(C)C)=CC=CC(C)=CC(=O)[O-]. The van der Waals surface area contributed by atoms with Gasteiger partial charge < -0.3 is 9.90 Å². The van der Waals surface area contributed by atoms with Crippen molar-refractivity contribution in [2.45, 2.75) is 53.9 Å². The second-order valence-electron chi connectivity index (χ2n) is 6.74. The van der Waals surface area contributed by atoms with Crippen LogP contribution in [0.4, 0.5) is 0 Å². The molecule has 1 aliphatic rings. The lowest BCUT2D eigenvalue weighted by atomic mass is 9.72. The number of allylic oxidation sites excluding steroid dienone is 9. The highest BCUT2D eigenvalue weighted by Crippen LogP contribution is 2.40. The molecule has 2 heteroatoms. The van der Waals surface area contributed by atoms with E-state index in [0.717, 1.165) is 11.6 Å².